The van der Waals surface area contributed by atoms with Gasteiger partial charge in [0.25, 0.3) is 15.9 Å². The molecular weight excluding hydrogens is 421 g/mol. The Kier molecular flexibility index (Phi) is 5.88. The molecule has 0 bridgehead atoms. The Labute approximate surface area is 170 Å². The lowest BCUT2D eigenvalue weighted by Gasteiger charge is -2.13. The summed E-state index contributed by atoms with van der Waals surface area (Å²) < 4.78 is 71.1. The first-order valence-electron chi connectivity index (χ1n) is 8.71. The molecule has 6 nitrogen and oxygen atoms in total. The number of nitrogens with one attached hydrogen (secondary N) is 2. The van der Waals surface area contributed by atoms with Crippen molar-refractivity contribution in [1.29, 1.82) is 0 Å². The molecule has 0 aliphatic heterocycles. The number of hydrogen-bond donors (Lipinski definition) is 2. The van der Waals surface area contributed by atoms with Crippen molar-refractivity contribution in [3.8, 4) is 0 Å². The van der Waals surface area contributed by atoms with E-state index < -0.39 is 33.7 Å². The number of carbonyl (C=O) groups excluding carboxylic acids is 1. The van der Waals surface area contributed by atoms with Crippen LogP contribution in [0.2, 0.25) is 0 Å². The van der Waals surface area contributed by atoms with E-state index in [2.05, 4.69) is 10.0 Å². The quantitative estimate of drug-likeness (QED) is 0.589. The van der Waals surface area contributed by atoms with Crippen molar-refractivity contribution < 1.29 is 30.8 Å². The average Bonchev–Trinajstić information content (AvgIpc) is 3.22. The van der Waals surface area contributed by atoms with Crippen molar-refractivity contribution in [2.75, 3.05) is 4.72 Å². The molecule has 10 heteroatoms. The minimum Gasteiger partial charge on any atom is -0.467 e. The molecule has 3 aromatic rings. The van der Waals surface area contributed by atoms with Gasteiger partial charge in [-0.2, -0.15) is 13.2 Å². The number of carbonyl (C=O) groups is 1. The molecule has 1 heterocycles. The Morgan fingerprint density at radius 2 is 1.77 bits per heavy atom. The van der Waals surface area contributed by atoms with Crippen LogP contribution in [0.4, 0.5) is 18.9 Å². The first-order valence-corrected chi connectivity index (χ1v) is 10.2. The third kappa shape index (κ3) is 5.01. The molecule has 0 aliphatic rings. The number of hydrogen-bond acceptors (Lipinski definition) is 4. The predicted molar refractivity (Wildman–Crippen MR) is 103 cm³/mol. The number of halogens is 3. The van der Waals surface area contributed by atoms with Gasteiger partial charge < -0.3 is 9.73 Å². The summed E-state index contributed by atoms with van der Waals surface area (Å²) >= 11 is 0. The molecule has 30 heavy (non-hydrogen) atoms. The van der Waals surface area contributed by atoms with E-state index >= 15 is 0 Å². The molecule has 0 saturated heterocycles. The number of rotatable bonds is 6. The lowest BCUT2D eigenvalue weighted by atomic mass is 10.2. The molecule has 0 aliphatic carbocycles. The third-order valence-corrected chi connectivity index (χ3v) is 5.55. The van der Waals surface area contributed by atoms with Crippen LogP contribution in [0.15, 0.2) is 76.2 Å². The number of benzene rings is 2. The second-order valence-electron chi connectivity index (χ2n) is 6.42. The first kappa shape index (κ1) is 21.4. The highest BCUT2D eigenvalue weighted by Crippen LogP contribution is 2.31. The minimum absolute atomic E-state index is 0.0697. The maximum atomic E-state index is 12.8. The fourth-order valence-electron chi connectivity index (χ4n) is 2.67. The van der Waals surface area contributed by atoms with Crippen LogP contribution < -0.4 is 10.0 Å². The molecule has 0 spiro atoms. The highest BCUT2D eigenvalue weighted by molar-refractivity contribution is 7.92. The van der Waals surface area contributed by atoms with Crippen LogP contribution in [0, 0.1) is 0 Å². The molecule has 2 N–H and O–H groups in total. The van der Waals surface area contributed by atoms with Crippen molar-refractivity contribution in [3.05, 3.63) is 83.8 Å². The van der Waals surface area contributed by atoms with E-state index in [4.69, 9.17) is 4.42 Å². The van der Waals surface area contributed by atoms with E-state index in [0.717, 1.165) is 18.2 Å². The summed E-state index contributed by atoms with van der Waals surface area (Å²) in [6.45, 7) is 1.70. The number of furan rings is 1. The van der Waals surface area contributed by atoms with Crippen LogP contribution in [0.5, 0.6) is 0 Å². The maximum Gasteiger partial charge on any atom is 0.416 e. The van der Waals surface area contributed by atoms with Gasteiger partial charge in [-0.05, 0) is 55.5 Å². The smallest absolute Gasteiger partial charge is 0.416 e. The largest absolute Gasteiger partial charge is 0.467 e. The Balaban J connectivity index is 1.80. The summed E-state index contributed by atoms with van der Waals surface area (Å²) in [4.78, 5) is 12.2. The lowest BCUT2D eigenvalue weighted by Crippen LogP contribution is -2.26. The van der Waals surface area contributed by atoms with E-state index in [0.29, 0.717) is 11.8 Å². The zero-order chi connectivity index (χ0) is 21.9. The van der Waals surface area contributed by atoms with Crippen LogP contribution in [-0.4, -0.2) is 14.3 Å². The summed E-state index contributed by atoms with van der Waals surface area (Å²) in [5.74, 6) is -0.00615. The lowest BCUT2D eigenvalue weighted by molar-refractivity contribution is -0.137. The highest BCUT2D eigenvalue weighted by atomic mass is 32.2. The number of anilines is 1. The van der Waals surface area contributed by atoms with Gasteiger partial charge in [-0.1, -0.05) is 12.1 Å². The molecule has 1 amide bonds. The second-order valence-corrected chi connectivity index (χ2v) is 8.10. The highest BCUT2D eigenvalue weighted by Gasteiger charge is 2.30. The zero-order valence-corrected chi connectivity index (χ0v) is 16.4. The predicted octanol–water partition coefficient (Wildman–Crippen LogP) is 4.59. The van der Waals surface area contributed by atoms with Crippen molar-refractivity contribution in [2.45, 2.75) is 24.0 Å². The van der Waals surface area contributed by atoms with Crippen molar-refractivity contribution >= 4 is 21.6 Å². The molecule has 2 aromatic carbocycles. The molecule has 0 fully saturated rings. The van der Waals surface area contributed by atoms with Crippen LogP contribution in [-0.2, 0) is 16.2 Å². The van der Waals surface area contributed by atoms with E-state index in [-0.39, 0.29) is 16.1 Å². The van der Waals surface area contributed by atoms with Crippen LogP contribution in [0.1, 0.15) is 34.6 Å². The number of alkyl halides is 3. The van der Waals surface area contributed by atoms with Gasteiger partial charge in [-0.15, -0.1) is 0 Å². The van der Waals surface area contributed by atoms with Gasteiger partial charge in [0, 0.05) is 11.3 Å². The molecule has 0 unspecified atom stereocenters. The normalized spacial score (nSPS) is 12.9. The minimum atomic E-state index is -4.61. The maximum absolute atomic E-state index is 12.8. The molecule has 1 atom stereocenters. The van der Waals surface area contributed by atoms with Gasteiger partial charge in [0.05, 0.1) is 22.8 Å². The van der Waals surface area contributed by atoms with Gasteiger partial charge in [-0.25, -0.2) is 8.42 Å². The van der Waals surface area contributed by atoms with Gasteiger partial charge >= 0.3 is 6.18 Å². The van der Waals surface area contributed by atoms with Crippen LogP contribution >= 0.6 is 0 Å². The molecular formula is C20H17F3N2O4S. The molecule has 3 rings (SSSR count). The topological polar surface area (TPSA) is 88.4 Å². The number of sulfonamides is 1. The first-order chi connectivity index (χ1) is 14.1. The Bertz CT molecular complexity index is 1140. The van der Waals surface area contributed by atoms with Gasteiger partial charge in [0.15, 0.2) is 0 Å². The molecule has 158 valence electrons. The Morgan fingerprint density at radius 3 is 2.43 bits per heavy atom. The SMILES string of the molecule is C[C@H](NC(=O)c1cccc(S(=O)(=O)Nc2cccc(C(F)(F)F)c2)c1)c1ccco1. The third-order valence-electron chi connectivity index (χ3n) is 4.17. The van der Waals surface area contributed by atoms with E-state index in [9.17, 15) is 26.4 Å². The number of amides is 1. The fourth-order valence-corrected chi connectivity index (χ4v) is 3.76. The summed E-state index contributed by atoms with van der Waals surface area (Å²) in [5.41, 5.74) is -1.16. The summed E-state index contributed by atoms with van der Waals surface area (Å²) in [6.07, 6.45) is -3.14. The van der Waals surface area contributed by atoms with Crippen molar-refractivity contribution in [3.63, 3.8) is 0 Å². The summed E-state index contributed by atoms with van der Waals surface area (Å²) in [7, 11) is -4.22. The Hall–Kier alpha value is -3.27. The van der Waals surface area contributed by atoms with Gasteiger partial charge in [0.2, 0.25) is 0 Å². The van der Waals surface area contributed by atoms with Gasteiger partial charge in [-0.3, -0.25) is 9.52 Å². The van der Waals surface area contributed by atoms with Crippen molar-refractivity contribution in [2.24, 2.45) is 0 Å². The summed E-state index contributed by atoms with van der Waals surface area (Å²) in [5, 5.41) is 2.68. The average molecular weight is 438 g/mol. The molecule has 0 saturated carbocycles. The van der Waals surface area contributed by atoms with E-state index in [1.165, 1.54) is 30.5 Å². The molecule has 0 radical (unpaired) electrons. The fraction of sp³-hybridized carbons (Fsp3) is 0.150. The zero-order valence-electron chi connectivity index (χ0n) is 15.6. The molecule has 1 aromatic heterocycles. The van der Waals surface area contributed by atoms with Crippen LogP contribution in [0.3, 0.4) is 0 Å². The summed E-state index contributed by atoms with van der Waals surface area (Å²) in [6, 6.07) is 11.9. The standard InChI is InChI=1S/C20H17F3N2O4S/c1-13(18-9-4-10-29-18)24-19(26)14-5-2-8-17(11-14)30(27,28)25-16-7-3-6-15(12-16)20(21,22)23/h2-13,25H,1H3,(H,24,26)/t13-/m0/s1. The Morgan fingerprint density at radius 1 is 1.03 bits per heavy atom. The van der Waals surface area contributed by atoms with Gasteiger partial charge in [0.1, 0.15) is 5.76 Å². The van der Waals surface area contributed by atoms with E-state index in [1.54, 1.807) is 19.1 Å². The second kappa shape index (κ2) is 8.23. The van der Waals surface area contributed by atoms with E-state index in [1.807, 2.05) is 0 Å². The van der Waals surface area contributed by atoms with Crippen molar-refractivity contribution in [1.82, 2.24) is 5.32 Å². The van der Waals surface area contributed by atoms with Crippen LogP contribution in [0.25, 0.3) is 0 Å². The monoisotopic (exact) mass is 438 g/mol.